The molecule has 1 rings (SSSR count). The van der Waals surface area contributed by atoms with Gasteiger partial charge in [0.25, 0.3) is 0 Å². The number of aliphatic hydroxyl groups is 6. The normalized spacial score (nSPS) is 54.6. The Kier molecular flexibility index (Phi) is 3.12. The number of hydrogen-bond donors (Lipinski definition) is 6. The highest BCUT2D eigenvalue weighted by Crippen LogP contribution is 2.30. The fourth-order valence-electron chi connectivity index (χ4n) is 1.48. The fraction of sp³-hybridized carbons (Fsp3) is 1.00. The highest BCUT2D eigenvalue weighted by atomic mass is 16.6. The van der Waals surface area contributed by atoms with Gasteiger partial charge < -0.3 is 35.4 Å². The molecule has 0 saturated heterocycles. The first-order valence-corrected chi connectivity index (χ1v) is 4.04. The molecular formula is C7H14O7. The lowest BCUT2D eigenvalue weighted by Gasteiger charge is -2.46. The first-order valence-electron chi connectivity index (χ1n) is 4.04. The average Bonchev–Trinajstić information content (AvgIpc) is 2.21. The maximum Gasteiger partial charge on any atom is 0.224 e. The van der Waals surface area contributed by atoms with Crippen molar-refractivity contribution < 1.29 is 35.4 Å². The molecule has 1 saturated carbocycles. The van der Waals surface area contributed by atoms with Crippen molar-refractivity contribution in [2.24, 2.45) is 0 Å². The van der Waals surface area contributed by atoms with Crippen molar-refractivity contribution in [3.63, 3.8) is 0 Å². The van der Waals surface area contributed by atoms with Crippen LogP contribution in [0.5, 0.6) is 0 Å². The van der Waals surface area contributed by atoms with E-state index in [1.807, 2.05) is 0 Å². The fourth-order valence-corrected chi connectivity index (χ4v) is 1.48. The molecule has 0 radical (unpaired) electrons. The van der Waals surface area contributed by atoms with Crippen molar-refractivity contribution in [1.29, 1.82) is 0 Å². The van der Waals surface area contributed by atoms with E-state index in [0.29, 0.717) is 0 Å². The molecule has 0 heterocycles. The third-order valence-corrected chi connectivity index (χ3v) is 2.52. The van der Waals surface area contributed by atoms with Crippen molar-refractivity contribution in [2.75, 3.05) is 7.11 Å². The summed E-state index contributed by atoms with van der Waals surface area (Å²) in [4.78, 5) is 0. The first-order chi connectivity index (χ1) is 6.36. The van der Waals surface area contributed by atoms with E-state index in [9.17, 15) is 25.5 Å². The van der Waals surface area contributed by atoms with Gasteiger partial charge in [0, 0.05) is 7.11 Å². The van der Waals surface area contributed by atoms with Crippen molar-refractivity contribution in [2.45, 2.75) is 36.3 Å². The topological polar surface area (TPSA) is 131 Å². The molecule has 1 fully saturated rings. The molecule has 0 aromatic rings. The molecule has 84 valence electrons. The first kappa shape index (κ1) is 11.8. The Bertz CT molecular complexity index is 192. The number of aliphatic hydroxyl groups excluding tert-OH is 5. The van der Waals surface area contributed by atoms with Gasteiger partial charge in [-0.2, -0.15) is 0 Å². The molecule has 0 bridgehead atoms. The maximum absolute atomic E-state index is 9.52. The Labute approximate surface area is 79.8 Å². The van der Waals surface area contributed by atoms with E-state index < -0.39 is 36.3 Å². The predicted molar refractivity (Wildman–Crippen MR) is 42.0 cm³/mol. The molecule has 7 heteroatoms. The molecular weight excluding hydrogens is 196 g/mol. The van der Waals surface area contributed by atoms with Crippen molar-refractivity contribution in [1.82, 2.24) is 0 Å². The smallest absolute Gasteiger partial charge is 0.224 e. The Balaban J connectivity index is 2.98. The summed E-state index contributed by atoms with van der Waals surface area (Å²) < 4.78 is 4.42. The molecule has 6 atom stereocenters. The van der Waals surface area contributed by atoms with Crippen LogP contribution in [-0.2, 0) is 4.74 Å². The molecule has 1 aliphatic rings. The zero-order valence-corrected chi connectivity index (χ0v) is 7.48. The van der Waals surface area contributed by atoms with Crippen LogP contribution in [0.4, 0.5) is 0 Å². The van der Waals surface area contributed by atoms with E-state index in [-0.39, 0.29) is 0 Å². The van der Waals surface area contributed by atoms with E-state index in [0.717, 1.165) is 7.11 Å². The highest BCUT2D eigenvalue weighted by Gasteiger charge is 2.58. The van der Waals surface area contributed by atoms with Gasteiger partial charge in [0.2, 0.25) is 5.79 Å². The largest absolute Gasteiger partial charge is 0.387 e. The third kappa shape index (κ3) is 1.43. The van der Waals surface area contributed by atoms with E-state index in [1.54, 1.807) is 0 Å². The summed E-state index contributed by atoms with van der Waals surface area (Å²) in [6.45, 7) is 0. The monoisotopic (exact) mass is 210 g/mol. The summed E-state index contributed by atoms with van der Waals surface area (Å²) in [5, 5.41) is 55.6. The van der Waals surface area contributed by atoms with Gasteiger partial charge >= 0.3 is 0 Å². The van der Waals surface area contributed by atoms with E-state index in [4.69, 9.17) is 5.11 Å². The van der Waals surface area contributed by atoms with E-state index in [1.165, 1.54) is 0 Å². The Morgan fingerprint density at radius 3 is 1.50 bits per heavy atom. The molecule has 0 unspecified atom stereocenters. The second-order valence-electron chi connectivity index (χ2n) is 3.32. The van der Waals surface area contributed by atoms with E-state index >= 15 is 0 Å². The van der Waals surface area contributed by atoms with Crippen molar-refractivity contribution in [3.05, 3.63) is 0 Å². The van der Waals surface area contributed by atoms with Gasteiger partial charge in [0.15, 0.2) is 0 Å². The Hall–Kier alpha value is -0.280. The van der Waals surface area contributed by atoms with Gasteiger partial charge in [0.05, 0.1) is 0 Å². The third-order valence-electron chi connectivity index (χ3n) is 2.52. The summed E-state index contributed by atoms with van der Waals surface area (Å²) in [5.41, 5.74) is 0. The Morgan fingerprint density at radius 1 is 0.857 bits per heavy atom. The lowest BCUT2D eigenvalue weighted by atomic mass is 9.82. The summed E-state index contributed by atoms with van der Waals surface area (Å²) in [5.74, 6) is -2.49. The molecule has 0 amide bonds. The zero-order valence-electron chi connectivity index (χ0n) is 7.48. The van der Waals surface area contributed by atoms with Crippen LogP contribution in [0.25, 0.3) is 0 Å². The minimum atomic E-state index is -2.49. The molecule has 0 spiro atoms. The predicted octanol–water partition coefficient (Wildman–Crippen LogP) is -3.86. The number of methoxy groups -OCH3 is 1. The standard InChI is InChI=1S/C7H14O7/c1-14-7(13)5(11)3(9)2(8)4(10)6(7)12/h2-6,8-13H,1H3/t2-,3-,4+,5-,6-,7-/m1/s1. The SMILES string of the molecule is CO[C@]1(O)[C@H](O)[C@H](O)[C@@H](O)[C@H](O)[C@H]1O. The van der Waals surface area contributed by atoms with E-state index in [2.05, 4.69) is 4.74 Å². The molecule has 0 aromatic heterocycles. The van der Waals surface area contributed by atoms with Crippen LogP contribution >= 0.6 is 0 Å². The summed E-state index contributed by atoms with van der Waals surface area (Å²) in [6.07, 6.45) is -9.13. The van der Waals surface area contributed by atoms with Gasteiger partial charge in [-0.25, -0.2) is 0 Å². The van der Waals surface area contributed by atoms with Crippen LogP contribution < -0.4 is 0 Å². The van der Waals surface area contributed by atoms with Gasteiger partial charge in [-0.15, -0.1) is 0 Å². The molecule has 7 nitrogen and oxygen atoms in total. The minimum absolute atomic E-state index is 0.990. The number of ether oxygens (including phenoxy) is 1. The van der Waals surface area contributed by atoms with Crippen LogP contribution in [0.3, 0.4) is 0 Å². The van der Waals surface area contributed by atoms with Crippen LogP contribution in [0.2, 0.25) is 0 Å². The second-order valence-corrected chi connectivity index (χ2v) is 3.32. The molecule has 14 heavy (non-hydrogen) atoms. The quantitative estimate of drug-likeness (QED) is 0.244. The van der Waals surface area contributed by atoms with Gasteiger partial charge in [0.1, 0.15) is 30.5 Å². The van der Waals surface area contributed by atoms with Gasteiger partial charge in [-0.05, 0) is 0 Å². The molecule has 0 aromatic carbocycles. The maximum atomic E-state index is 9.52. The molecule has 6 N–H and O–H groups in total. The number of hydrogen-bond acceptors (Lipinski definition) is 7. The summed E-state index contributed by atoms with van der Waals surface area (Å²) in [7, 11) is 0.990. The lowest BCUT2D eigenvalue weighted by molar-refractivity contribution is -0.353. The second kappa shape index (κ2) is 3.70. The Morgan fingerprint density at radius 2 is 1.21 bits per heavy atom. The van der Waals surface area contributed by atoms with Crippen LogP contribution in [0.1, 0.15) is 0 Å². The summed E-state index contributed by atoms with van der Waals surface area (Å²) in [6, 6.07) is 0. The van der Waals surface area contributed by atoms with Gasteiger partial charge in [-0.3, -0.25) is 0 Å². The molecule has 1 aliphatic carbocycles. The average molecular weight is 210 g/mol. The van der Waals surface area contributed by atoms with Crippen LogP contribution in [0, 0.1) is 0 Å². The molecule has 0 aliphatic heterocycles. The lowest BCUT2D eigenvalue weighted by Crippen LogP contribution is -2.71. The minimum Gasteiger partial charge on any atom is -0.387 e. The number of rotatable bonds is 1. The zero-order chi connectivity index (χ0) is 11.1. The van der Waals surface area contributed by atoms with Crippen LogP contribution in [0.15, 0.2) is 0 Å². The van der Waals surface area contributed by atoms with Crippen molar-refractivity contribution in [3.8, 4) is 0 Å². The summed E-state index contributed by atoms with van der Waals surface area (Å²) >= 11 is 0. The highest BCUT2D eigenvalue weighted by molar-refractivity contribution is 5.03. The van der Waals surface area contributed by atoms with Crippen molar-refractivity contribution >= 4 is 0 Å². The van der Waals surface area contributed by atoms with Gasteiger partial charge in [-0.1, -0.05) is 0 Å². The van der Waals surface area contributed by atoms with Crippen LogP contribution in [-0.4, -0.2) is 74.1 Å².